The monoisotopic (exact) mass is 600 g/mol. The van der Waals surface area contributed by atoms with Gasteiger partial charge in [-0.05, 0) is 82.0 Å². The van der Waals surface area contributed by atoms with E-state index in [1.54, 1.807) is 14.2 Å². The van der Waals surface area contributed by atoms with Gasteiger partial charge in [0.25, 0.3) is 0 Å². The Balaban J connectivity index is 0.000000491. The van der Waals surface area contributed by atoms with E-state index in [0.29, 0.717) is 30.8 Å². The van der Waals surface area contributed by atoms with Crippen molar-refractivity contribution in [3.8, 4) is 5.75 Å². The number of phenolic OH excluding ortho intramolecular Hbond substituents is 1. The van der Waals surface area contributed by atoms with Crippen LogP contribution in [0.1, 0.15) is 77.0 Å². The second-order valence-electron chi connectivity index (χ2n) is 12.4. The Morgan fingerprint density at radius 1 is 1.02 bits per heavy atom. The minimum Gasteiger partial charge on any atom is -0.508 e. The van der Waals surface area contributed by atoms with Gasteiger partial charge in [0.15, 0.2) is 6.29 Å². The predicted molar refractivity (Wildman–Crippen MR) is 178 cm³/mol. The molecule has 0 aliphatic carbocycles. The molecule has 1 fully saturated rings. The third-order valence-corrected chi connectivity index (χ3v) is 7.89. The average molecular weight is 601 g/mol. The maximum Gasteiger partial charge on any atom is 0.169 e. The van der Waals surface area contributed by atoms with Gasteiger partial charge in [-0.15, -0.1) is 0 Å². The summed E-state index contributed by atoms with van der Waals surface area (Å²) in [6.07, 6.45) is 5.13. The summed E-state index contributed by atoms with van der Waals surface area (Å²) in [5.41, 5.74) is 3.68. The normalized spacial score (nSPS) is 15.0. The van der Waals surface area contributed by atoms with E-state index >= 15 is 0 Å². The van der Waals surface area contributed by atoms with Gasteiger partial charge in [0.1, 0.15) is 12.0 Å². The highest BCUT2D eigenvalue weighted by molar-refractivity contribution is 5.49. The van der Waals surface area contributed by atoms with Crippen LogP contribution >= 0.6 is 0 Å². The molecule has 0 aromatic heterocycles. The maximum absolute atomic E-state index is 10.7. The van der Waals surface area contributed by atoms with E-state index in [1.807, 2.05) is 32.0 Å². The Hall–Kier alpha value is -2.29. The van der Waals surface area contributed by atoms with Crippen molar-refractivity contribution >= 4 is 6.29 Å². The van der Waals surface area contributed by atoms with Crippen molar-refractivity contribution in [2.75, 3.05) is 67.7 Å². The molecule has 0 bridgehead atoms. The van der Waals surface area contributed by atoms with E-state index in [0.717, 1.165) is 62.9 Å². The molecule has 0 radical (unpaired) electrons. The fourth-order valence-electron chi connectivity index (χ4n) is 5.13. The van der Waals surface area contributed by atoms with Crippen molar-refractivity contribution in [1.82, 2.24) is 9.80 Å². The minimum absolute atomic E-state index is 0.111. The summed E-state index contributed by atoms with van der Waals surface area (Å²) in [4.78, 5) is 15.0. The fourth-order valence-corrected chi connectivity index (χ4v) is 5.13. The van der Waals surface area contributed by atoms with Gasteiger partial charge in [-0.1, -0.05) is 77.1 Å². The molecule has 1 heterocycles. The number of rotatable bonds is 14. The summed E-state index contributed by atoms with van der Waals surface area (Å²) in [5, 5.41) is 10.7. The lowest BCUT2D eigenvalue weighted by Crippen LogP contribution is -2.41. The number of hydrogen-bond acceptors (Lipinski definition) is 7. The molecule has 244 valence electrons. The largest absolute Gasteiger partial charge is 0.508 e. The average Bonchev–Trinajstić information content (AvgIpc) is 3.01. The van der Waals surface area contributed by atoms with Crippen molar-refractivity contribution in [3.63, 3.8) is 0 Å². The van der Waals surface area contributed by atoms with Crippen molar-refractivity contribution < 1.29 is 24.1 Å². The Labute approximate surface area is 262 Å². The third kappa shape index (κ3) is 13.9. The van der Waals surface area contributed by atoms with Crippen LogP contribution in [0.25, 0.3) is 0 Å². The molecule has 0 unspecified atom stereocenters. The van der Waals surface area contributed by atoms with Crippen LogP contribution in [0.15, 0.2) is 48.5 Å². The van der Waals surface area contributed by atoms with E-state index in [9.17, 15) is 9.90 Å². The first-order valence-corrected chi connectivity index (χ1v) is 15.9. The predicted octanol–water partition coefficient (Wildman–Crippen LogP) is 6.55. The topological polar surface area (TPSA) is 71.5 Å². The van der Waals surface area contributed by atoms with Crippen molar-refractivity contribution in [1.29, 1.82) is 0 Å². The first-order chi connectivity index (χ1) is 20.5. The first kappa shape index (κ1) is 38.7. The molecule has 1 aliphatic heterocycles. The lowest BCUT2D eigenvalue weighted by Gasteiger charge is -2.42. The Bertz CT molecular complexity index is 996. The maximum atomic E-state index is 10.7. The zero-order valence-electron chi connectivity index (χ0n) is 28.5. The van der Waals surface area contributed by atoms with Crippen LogP contribution < -0.4 is 0 Å². The number of carbonyl (C=O) groups excluding carboxylic acids is 1. The lowest BCUT2D eigenvalue weighted by molar-refractivity contribution is -0.114. The summed E-state index contributed by atoms with van der Waals surface area (Å²) in [6.45, 7) is 15.7. The van der Waals surface area contributed by atoms with Crippen molar-refractivity contribution in [2.24, 2.45) is 5.41 Å². The van der Waals surface area contributed by atoms with Gasteiger partial charge in [0, 0.05) is 38.2 Å². The standard InChI is InChI=1S/C23H29NO3.C11H25NO2.C2H6/c1-24-13-11-23(12-14-24,20-6-3-2-4-7-20)21-18-19(8-9-22(21)26)10-17-27-16-5-15-25;1-11(2,3)7-8-12(4)9-10(13-5)14-6;1-2/h2-4,6-9,15,18,26H,5,10-14,16-17H2,1H3;10H,7-9H2,1-6H3;1-2H3. The SMILES string of the molecule is CC.CN1CCC(c2ccccc2)(c2cc(CCOCCC=O)ccc2O)CC1.COC(CN(C)CCC(C)(C)C)OC. The zero-order chi connectivity index (χ0) is 32.3. The number of nitrogens with zero attached hydrogens (tertiary/aromatic N) is 2. The second kappa shape index (κ2) is 20.6. The number of likely N-dealkylation sites (N-methyl/N-ethyl adjacent to an activating group) is 1. The quantitative estimate of drug-likeness (QED) is 0.150. The number of methoxy groups -OCH3 is 2. The molecule has 7 nitrogen and oxygen atoms in total. The van der Waals surface area contributed by atoms with Crippen molar-refractivity contribution in [3.05, 3.63) is 65.2 Å². The molecule has 43 heavy (non-hydrogen) atoms. The molecule has 2 aromatic rings. The summed E-state index contributed by atoms with van der Waals surface area (Å²) in [7, 11) is 7.59. The number of piperidine rings is 1. The Kier molecular flexibility index (Phi) is 18.6. The fraction of sp³-hybridized carbons (Fsp3) is 0.639. The second-order valence-corrected chi connectivity index (χ2v) is 12.4. The van der Waals surface area contributed by atoms with Crippen LogP contribution in [-0.4, -0.2) is 95.2 Å². The minimum atomic E-state index is -0.160. The van der Waals surface area contributed by atoms with Gasteiger partial charge in [0.05, 0.1) is 13.2 Å². The molecular weight excluding hydrogens is 540 g/mol. The van der Waals surface area contributed by atoms with Crippen LogP contribution in [0.5, 0.6) is 5.75 Å². The van der Waals surface area contributed by atoms with Crippen LogP contribution in [0, 0.1) is 5.41 Å². The summed E-state index contributed by atoms with van der Waals surface area (Å²) >= 11 is 0. The smallest absolute Gasteiger partial charge is 0.169 e. The summed E-state index contributed by atoms with van der Waals surface area (Å²) in [5.74, 6) is 0.369. The molecule has 1 aliphatic rings. The Morgan fingerprint density at radius 2 is 1.65 bits per heavy atom. The number of ether oxygens (including phenoxy) is 3. The van der Waals surface area contributed by atoms with E-state index in [4.69, 9.17) is 14.2 Å². The van der Waals surface area contributed by atoms with Gasteiger partial charge in [0.2, 0.25) is 0 Å². The van der Waals surface area contributed by atoms with Crippen LogP contribution in [0.3, 0.4) is 0 Å². The number of benzene rings is 2. The van der Waals surface area contributed by atoms with E-state index in [1.165, 1.54) is 12.0 Å². The van der Waals surface area contributed by atoms with Gasteiger partial charge in [-0.2, -0.15) is 0 Å². The van der Waals surface area contributed by atoms with Gasteiger partial charge >= 0.3 is 0 Å². The zero-order valence-corrected chi connectivity index (χ0v) is 28.5. The molecule has 1 saturated heterocycles. The highest BCUT2D eigenvalue weighted by Gasteiger charge is 2.39. The summed E-state index contributed by atoms with van der Waals surface area (Å²) in [6, 6.07) is 16.5. The molecular formula is C36H60N2O5. The highest BCUT2D eigenvalue weighted by Crippen LogP contribution is 2.45. The Morgan fingerprint density at radius 3 is 2.21 bits per heavy atom. The van der Waals surface area contributed by atoms with Gasteiger partial charge in [-0.3, -0.25) is 0 Å². The van der Waals surface area contributed by atoms with Crippen molar-refractivity contribution in [2.45, 2.75) is 78.4 Å². The van der Waals surface area contributed by atoms with Crippen LogP contribution in [0.2, 0.25) is 0 Å². The number of likely N-dealkylation sites (tertiary alicyclic amines) is 1. The number of phenols is 1. The molecule has 0 atom stereocenters. The summed E-state index contributed by atoms with van der Waals surface area (Å²) < 4.78 is 15.8. The molecule has 0 spiro atoms. The van der Waals surface area contributed by atoms with E-state index in [-0.39, 0.29) is 11.7 Å². The van der Waals surface area contributed by atoms with Gasteiger partial charge in [-0.25, -0.2) is 0 Å². The highest BCUT2D eigenvalue weighted by atomic mass is 16.7. The number of carbonyl (C=O) groups is 1. The molecule has 0 amide bonds. The third-order valence-electron chi connectivity index (χ3n) is 7.89. The van der Waals surface area contributed by atoms with Crippen LogP contribution in [-0.2, 0) is 30.8 Å². The number of aldehydes is 1. The lowest BCUT2D eigenvalue weighted by atomic mass is 9.67. The molecule has 1 N–H and O–H groups in total. The van der Waals surface area contributed by atoms with Crippen LogP contribution in [0.4, 0.5) is 0 Å². The number of hydrogen-bond donors (Lipinski definition) is 1. The first-order valence-electron chi connectivity index (χ1n) is 15.9. The van der Waals surface area contributed by atoms with E-state index in [2.05, 4.69) is 75.0 Å². The molecule has 3 rings (SSSR count). The molecule has 0 saturated carbocycles. The van der Waals surface area contributed by atoms with Gasteiger partial charge < -0.3 is 33.9 Å². The molecule has 7 heteroatoms. The molecule has 2 aromatic carbocycles. The van der Waals surface area contributed by atoms with E-state index < -0.39 is 0 Å². The number of aromatic hydroxyl groups is 1.